The fourth-order valence-corrected chi connectivity index (χ4v) is 3.62. The van der Waals surface area contributed by atoms with E-state index in [2.05, 4.69) is 15.6 Å². The lowest BCUT2D eigenvalue weighted by Crippen LogP contribution is -2.34. The van der Waals surface area contributed by atoms with Gasteiger partial charge in [0.25, 0.3) is 0 Å². The van der Waals surface area contributed by atoms with Crippen LogP contribution in [0, 0.1) is 0 Å². The number of amides is 2. The van der Waals surface area contributed by atoms with Crippen molar-refractivity contribution in [2.24, 2.45) is 0 Å². The van der Waals surface area contributed by atoms with Crippen LogP contribution in [0.3, 0.4) is 0 Å². The first-order valence-electron chi connectivity index (χ1n) is 8.90. The molecule has 0 spiro atoms. The normalized spacial score (nSPS) is 10.5. The summed E-state index contributed by atoms with van der Waals surface area (Å²) in [6.07, 6.45) is 0.950. The number of anilines is 1. The van der Waals surface area contributed by atoms with Crippen LogP contribution >= 0.6 is 22.9 Å². The fourth-order valence-electron chi connectivity index (χ4n) is 2.66. The number of carbonyl (C=O) groups excluding carboxylic acids is 2. The second kappa shape index (κ2) is 9.48. The zero-order valence-corrected chi connectivity index (χ0v) is 16.9. The topological polar surface area (TPSA) is 71.1 Å². The molecule has 2 N–H and O–H groups in total. The van der Waals surface area contributed by atoms with Crippen LogP contribution in [-0.2, 0) is 22.4 Å². The monoisotopic (exact) mass is 413 g/mol. The van der Waals surface area contributed by atoms with Crippen molar-refractivity contribution in [3.63, 3.8) is 0 Å². The molecule has 0 saturated heterocycles. The predicted molar refractivity (Wildman–Crippen MR) is 114 cm³/mol. The van der Waals surface area contributed by atoms with Crippen molar-refractivity contribution in [3.05, 3.63) is 70.2 Å². The first-order valence-corrected chi connectivity index (χ1v) is 10.2. The molecule has 5 nitrogen and oxygen atoms in total. The molecule has 0 radical (unpaired) electrons. The lowest BCUT2D eigenvalue weighted by molar-refractivity contribution is -0.123. The van der Waals surface area contributed by atoms with E-state index in [-0.39, 0.29) is 24.8 Å². The van der Waals surface area contributed by atoms with Crippen LogP contribution in [0.2, 0.25) is 5.02 Å². The Labute approximate surface area is 172 Å². The Kier molecular flexibility index (Phi) is 6.79. The minimum atomic E-state index is -0.255. The van der Waals surface area contributed by atoms with E-state index in [0.29, 0.717) is 10.7 Å². The third-order valence-corrected chi connectivity index (χ3v) is 5.30. The van der Waals surface area contributed by atoms with E-state index >= 15 is 0 Å². The van der Waals surface area contributed by atoms with Crippen molar-refractivity contribution in [2.45, 2.75) is 19.8 Å². The third kappa shape index (κ3) is 5.41. The average molecular weight is 414 g/mol. The number of para-hydroxylation sites is 1. The van der Waals surface area contributed by atoms with Crippen LogP contribution in [0.5, 0.6) is 0 Å². The van der Waals surface area contributed by atoms with Crippen molar-refractivity contribution < 1.29 is 9.59 Å². The summed E-state index contributed by atoms with van der Waals surface area (Å²) in [5.74, 6) is -0.499. The van der Waals surface area contributed by atoms with Gasteiger partial charge in [0.2, 0.25) is 11.8 Å². The second-order valence-electron chi connectivity index (χ2n) is 6.16. The van der Waals surface area contributed by atoms with Gasteiger partial charge < -0.3 is 10.6 Å². The molecule has 1 heterocycles. The smallest absolute Gasteiger partial charge is 0.243 e. The van der Waals surface area contributed by atoms with E-state index in [0.717, 1.165) is 28.2 Å². The highest BCUT2D eigenvalue weighted by Crippen LogP contribution is 2.25. The summed E-state index contributed by atoms with van der Waals surface area (Å²) in [6, 6.07) is 15.0. The van der Waals surface area contributed by atoms with Gasteiger partial charge in [-0.3, -0.25) is 9.59 Å². The molecule has 0 unspecified atom stereocenters. The fraction of sp³-hybridized carbons (Fsp3) is 0.190. The maximum atomic E-state index is 12.1. The standard InChI is InChI=1S/C21H20ClN3O2S/c1-2-14-5-3-4-6-18(14)25-20(27)12-23-19(26)11-17-13-28-21(24-17)15-7-9-16(22)10-8-15/h3-10,13H,2,11-12H2,1H3,(H,23,26)(H,25,27). The molecule has 2 aromatic carbocycles. The molecule has 0 aliphatic heterocycles. The van der Waals surface area contributed by atoms with Crippen molar-refractivity contribution in [1.29, 1.82) is 0 Å². The van der Waals surface area contributed by atoms with E-state index in [9.17, 15) is 9.59 Å². The average Bonchev–Trinajstić information content (AvgIpc) is 3.16. The van der Waals surface area contributed by atoms with Gasteiger partial charge >= 0.3 is 0 Å². The number of rotatable bonds is 7. The summed E-state index contributed by atoms with van der Waals surface area (Å²) in [5.41, 5.74) is 3.45. The lowest BCUT2D eigenvalue weighted by Gasteiger charge is -2.10. The number of nitrogens with zero attached hydrogens (tertiary/aromatic N) is 1. The molecule has 1 aromatic heterocycles. The SMILES string of the molecule is CCc1ccccc1NC(=O)CNC(=O)Cc1csc(-c2ccc(Cl)cc2)n1. The number of thiazole rings is 1. The van der Waals surface area contributed by atoms with E-state index < -0.39 is 0 Å². The quantitative estimate of drug-likeness (QED) is 0.605. The minimum absolute atomic E-state index is 0.0783. The molecule has 2 amide bonds. The molecule has 0 bridgehead atoms. The summed E-state index contributed by atoms with van der Waals surface area (Å²) >= 11 is 7.37. The molecule has 0 aliphatic rings. The highest BCUT2D eigenvalue weighted by molar-refractivity contribution is 7.13. The first-order chi connectivity index (χ1) is 13.5. The van der Waals surface area contributed by atoms with Gasteiger partial charge in [0.15, 0.2) is 0 Å². The minimum Gasteiger partial charge on any atom is -0.347 e. The van der Waals surface area contributed by atoms with Crippen molar-refractivity contribution >= 4 is 40.4 Å². The van der Waals surface area contributed by atoms with Crippen LogP contribution < -0.4 is 10.6 Å². The van der Waals surface area contributed by atoms with Gasteiger partial charge in [0, 0.05) is 21.7 Å². The lowest BCUT2D eigenvalue weighted by atomic mass is 10.1. The van der Waals surface area contributed by atoms with E-state index in [1.54, 1.807) is 12.1 Å². The van der Waals surface area contributed by atoms with Crippen LogP contribution in [0.25, 0.3) is 10.6 Å². The van der Waals surface area contributed by atoms with Crippen LogP contribution in [0.15, 0.2) is 53.9 Å². The molecular formula is C21H20ClN3O2S. The van der Waals surface area contributed by atoms with Crippen LogP contribution in [0.4, 0.5) is 5.69 Å². The van der Waals surface area contributed by atoms with Crippen molar-refractivity contribution in [1.82, 2.24) is 10.3 Å². The van der Waals surface area contributed by atoms with Gasteiger partial charge in [-0.25, -0.2) is 4.98 Å². The Morgan fingerprint density at radius 1 is 1.07 bits per heavy atom. The zero-order chi connectivity index (χ0) is 19.9. The van der Waals surface area contributed by atoms with E-state index in [1.165, 1.54) is 11.3 Å². The number of halogens is 1. The summed E-state index contributed by atoms with van der Waals surface area (Å²) in [5, 5.41) is 8.82. The molecular weight excluding hydrogens is 394 g/mol. The molecule has 0 fully saturated rings. The van der Waals surface area contributed by atoms with Crippen LogP contribution in [0.1, 0.15) is 18.2 Å². The largest absolute Gasteiger partial charge is 0.347 e. The number of hydrogen-bond acceptors (Lipinski definition) is 4. The van der Waals surface area contributed by atoms with Crippen molar-refractivity contribution in [2.75, 3.05) is 11.9 Å². The molecule has 3 rings (SSSR count). The summed E-state index contributed by atoms with van der Waals surface area (Å²) < 4.78 is 0. The Hall–Kier alpha value is -2.70. The number of aryl methyl sites for hydroxylation is 1. The summed E-state index contributed by atoms with van der Waals surface area (Å²) in [6.45, 7) is 1.95. The molecule has 7 heteroatoms. The van der Waals surface area contributed by atoms with E-state index in [1.807, 2.05) is 48.7 Å². The Morgan fingerprint density at radius 3 is 2.57 bits per heavy atom. The number of nitrogens with one attached hydrogen (secondary N) is 2. The molecule has 3 aromatic rings. The molecule has 144 valence electrons. The van der Waals surface area contributed by atoms with Gasteiger partial charge in [0.1, 0.15) is 5.01 Å². The number of aromatic nitrogens is 1. The molecule has 0 atom stereocenters. The van der Waals surface area contributed by atoms with Crippen LogP contribution in [-0.4, -0.2) is 23.3 Å². The first kappa shape index (κ1) is 20.0. The summed E-state index contributed by atoms with van der Waals surface area (Å²) in [4.78, 5) is 28.7. The number of hydrogen-bond donors (Lipinski definition) is 2. The number of carbonyl (C=O) groups is 2. The molecule has 28 heavy (non-hydrogen) atoms. The highest BCUT2D eigenvalue weighted by atomic mass is 35.5. The molecule has 0 saturated carbocycles. The maximum Gasteiger partial charge on any atom is 0.243 e. The van der Waals surface area contributed by atoms with E-state index in [4.69, 9.17) is 11.6 Å². The van der Waals surface area contributed by atoms with Gasteiger partial charge in [-0.2, -0.15) is 0 Å². The Morgan fingerprint density at radius 2 is 1.82 bits per heavy atom. The summed E-state index contributed by atoms with van der Waals surface area (Å²) in [7, 11) is 0. The van der Waals surface area contributed by atoms with Gasteiger partial charge in [-0.15, -0.1) is 11.3 Å². The van der Waals surface area contributed by atoms with Gasteiger partial charge in [-0.05, 0) is 30.2 Å². The van der Waals surface area contributed by atoms with Gasteiger partial charge in [-0.1, -0.05) is 48.9 Å². The Balaban J connectivity index is 1.50. The number of benzene rings is 2. The molecule has 0 aliphatic carbocycles. The zero-order valence-electron chi connectivity index (χ0n) is 15.4. The van der Waals surface area contributed by atoms with Gasteiger partial charge in [0.05, 0.1) is 18.7 Å². The highest BCUT2D eigenvalue weighted by Gasteiger charge is 2.11. The third-order valence-electron chi connectivity index (χ3n) is 4.10. The second-order valence-corrected chi connectivity index (χ2v) is 7.46. The van der Waals surface area contributed by atoms with Crippen molar-refractivity contribution in [3.8, 4) is 10.6 Å². The maximum absolute atomic E-state index is 12.1. The Bertz CT molecular complexity index is 970. The predicted octanol–water partition coefficient (Wildman–Crippen LogP) is 4.32.